The summed E-state index contributed by atoms with van der Waals surface area (Å²) in [5.74, 6) is -0.115. The molecule has 1 atom stereocenters. The van der Waals surface area contributed by atoms with Gasteiger partial charge in [0.05, 0.1) is 15.5 Å². The number of ketones is 1. The zero-order valence-electron chi connectivity index (χ0n) is 13.6. The SMILES string of the molecule is CC(=O)c1ccc(NC(=O)C(C)Sc2nc3cc(Cl)ccc3s2)cc1. The van der Waals surface area contributed by atoms with Gasteiger partial charge in [-0.3, -0.25) is 9.59 Å². The van der Waals surface area contributed by atoms with Gasteiger partial charge in [-0.05, 0) is 56.3 Å². The zero-order valence-corrected chi connectivity index (χ0v) is 16.0. The van der Waals surface area contributed by atoms with Crippen LogP contribution in [0.3, 0.4) is 0 Å². The van der Waals surface area contributed by atoms with E-state index in [0.717, 1.165) is 14.6 Å². The minimum Gasteiger partial charge on any atom is -0.325 e. The molecule has 3 aromatic rings. The molecule has 3 rings (SSSR count). The molecular formula is C18H15ClN2O2S2. The van der Waals surface area contributed by atoms with E-state index in [2.05, 4.69) is 10.3 Å². The second-order valence-electron chi connectivity index (χ2n) is 5.47. The van der Waals surface area contributed by atoms with E-state index in [1.165, 1.54) is 30.0 Å². The summed E-state index contributed by atoms with van der Waals surface area (Å²) in [6.45, 7) is 3.35. The number of aromatic nitrogens is 1. The molecule has 0 fully saturated rings. The lowest BCUT2D eigenvalue weighted by molar-refractivity contribution is -0.115. The monoisotopic (exact) mass is 390 g/mol. The number of halogens is 1. The van der Waals surface area contributed by atoms with Crippen LogP contribution in [0.15, 0.2) is 46.8 Å². The van der Waals surface area contributed by atoms with Crippen molar-refractivity contribution in [3.05, 3.63) is 53.1 Å². The molecule has 0 saturated carbocycles. The third kappa shape index (κ3) is 4.39. The van der Waals surface area contributed by atoms with E-state index in [1.807, 2.05) is 25.1 Å². The first-order valence-corrected chi connectivity index (χ1v) is 9.64. The maximum absolute atomic E-state index is 12.4. The number of amides is 1. The molecule has 4 nitrogen and oxygen atoms in total. The van der Waals surface area contributed by atoms with E-state index in [4.69, 9.17) is 11.6 Å². The van der Waals surface area contributed by atoms with Crippen LogP contribution in [0.1, 0.15) is 24.2 Å². The second-order valence-corrected chi connectivity index (χ2v) is 8.53. The smallest absolute Gasteiger partial charge is 0.237 e. The normalized spacial score (nSPS) is 12.1. The van der Waals surface area contributed by atoms with Crippen LogP contribution < -0.4 is 5.32 Å². The third-order valence-corrected chi connectivity index (χ3v) is 6.00. The number of rotatable bonds is 5. The predicted molar refractivity (Wildman–Crippen MR) is 105 cm³/mol. The Morgan fingerprint density at radius 3 is 2.60 bits per heavy atom. The van der Waals surface area contributed by atoms with Gasteiger partial charge in [0, 0.05) is 16.3 Å². The number of carbonyl (C=O) groups is 2. The molecule has 0 saturated heterocycles. The Morgan fingerprint density at radius 2 is 1.92 bits per heavy atom. The summed E-state index contributed by atoms with van der Waals surface area (Å²) in [6, 6.07) is 12.4. The molecule has 0 aliphatic rings. The van der Waals surface area contributed by atoms with Gasteiger partial charge in [-0.25, -0.2) is 4.98 Å². The first-order chi connectivity index (χ1) is 11.9. The lowest BCUT2D eigenvalue weighted by Gasteiger charge is -2.10. The first-order valence-electron chi connectivity index (χ1n) is 7.57. The second kappa shape index (κ2) is 7.56. The Balaban J connectivity index is 1.66. The summed E-state index contributed by atoms with van der Waals surface area (Å²) in [7, 11) is 0. The number of carbonyl (C=O) groups excluding carboxylic acids is 2. The fourth-order valence-electron chi connectivity index (χ4n) is 2.17. The largest absolute Gasteiger partial charge is 0.325 e. The molecule has 0 aliphatic heterocycles. The van der Waals surface area contributed by atoms with E-state index in [-0.39, 0.29) is 16.9 Å². The van der Waals surface area contributed by atoms with Crippen molar-refractivity contribution in [2.24, 2.45) is 0 Å². The number of hydrogen-bond donors (Lipinski definition) is 1. The summed E-state index contributed by atoms with van der Waals surface area (Å²) in [4.78, 5) is 28.2. The van der Waals surface area contributed by atoms with E-state index >= 15 is 0 Å². The molecule has 1 aromatic heterocycles. The summed E-state index contributed by atoms with van der Waals surface area (Å²) >= 11 is 8.93. The van der Waals surface area contributed by atoms with Gasteiger partial charge in [-0.1, -0.05) is 23.4 Å². The molecule has 0 bridgehead atoms. The van der Waals surface area contributed by atoms with Gasteiger partial charge in [-0.15, -0.1) is 11.3 Å². The van der Waals surface area contributed by atoms with Crippen molar-refractivity contribution < 1.29 is 9.59 Å². The minimum absolute atomic E-state index is 0.00209. The lowest BCUT2D eigenvalue weighted by atomic mass is 10.1. The number of anilines is 1. The Labute approximate surface area is 158 Å². The van der Waals surface area contributed by atoms with Crippen molar-refractivity contribution in [3.63, 3.8) is 0 Å². The van der Waals surface area contributed by atoms with E-state index in [9.17, 15) is 9.59 Å². The molecule has 128 valence electrons. The molecule has 0 aliphatic carbocycles. The predicted octanol–water partition coefficient (Wildman–Crippen LogP) is 5.27. The molecule has 2 aromatic carbocycles. The molecule has 1 heterocycles. The van der Waals surface area contributed by atoms with Crippen molar-refractivity contribution in [3.8, 4) is 0 Å². The molecule has 0 radical (unpaired) electrons. The van der Waals surface area contributed by atoms with Crippen LogP contribution in [0.5, 0.6) is 0 Å². The van der Waals surface area contributed by atoms with Gasteiger partial charge in [-0.2, -0.15) is 0 Å². The first kappa shape index (κ1) is 17.9. The Bertz CT molecular complexity index is 938. The maximum atomic E-state index is 12.4. The average Bonchev–Trinajstić information content (AvgIpc) is 2.96. The molecule has 1 amide bonds. The van der Waals surface area contributed by atoms with Crippen molar-refractivity contribution in [2.45, 2.75) is 23.4 Å². The molecule has 25 heavy (non-hydrogen) atoms. The Kier molecular flexibility index (Phi) is 5.42. The number of benzene rings is 2. The highest BCUT2D eigenvalue weighted by Crippen LogP contribution is 2.33. The van der Waals surface area contributed by atoms with Crippen molar-refractivity contribution in [1.29, 1.82) is 0 Å². The molecule has 0 spiro atoms. The van der Waals surface area contributed by atoms with Crippen molar-refractivity contribution >= 4 is 62.3 Å². The average molecular weight is 391 g/mol. The molecule has 7 heteroatoms. The topological polar surface area (TPSA) is 59.1 Å². The van der Waals surface area contributed by atoms with E-state index in [0.29, 0.717) is 16.3 Å². The number of Topliss-reactive ketones (excluding diaryl/α,β-unsaturated/α-hetero) is 1. The fraction of sp³-hybridized carbons (Fsp3) is 0.167. The fourth-order valence-corrected chi connectivity index (χ4v) is 4.52. The summed E-state index contributed by atoms with van der Waals surface area (Å²) in [6.07, 6.45) is 0. The van der Waals surface area contributed by atoms with Crippen LogP contribution >= 0.6 is 34.7 Å². The van der Waals surface area contributed by atoms with Crippen LogP contribution in [0.25, 0.3) is 10.2 Å². The Hall–Kier alpha value is -1.89. The van der Waals surface area contributed by atoms with Gasteiger partial charge in [0.1, 0.15) is 0 Å². The highest BCUT2D eigenvalue weighted by Gasteiger charge is 2.17. The van der Waals surface area contributed by atoms with Gasteiger partial charge in [0.15, 0.2) is 10.1 Å². The van der Waals surface area contributed by atoms with Crippen molar-refractivity contribution in [2.75, 3.05) is 5.32 Å². The van der Waals surface area contributed by atoms with Crippen LogP contribution in [0.2, 0.25) is 5.02 Å². The highest BCUT2D eigenvalue weighted by atomic mass is 35.5. The minimum atomic E-state index is -0.302. The summed E-state index contributed by atoms with van der Waals surface area (Å²) in [5, 5.41) is 3.20. The van der Waals surface area contributed by atoms with Crippen LogP contribution in [0.4, 0.5) is 5.69 Å². The standard InChI is InChI=1S/C18H15ClN2O2S2/c1-10(22)12-3-6-14(7-4-12)20-17(23)11(2)24-18-21-15-9-13(19)5-8-16(15)25-18/h3-9,11H,1-2H3,(H,20,23). The van der Waals surface area contributed by atoms with Gasteiger partial charge < -0.3 is 5.32 Å². The van der Waals surface area contributed by atoms with Crippen LogP contribution in [0, 0.1) is 0 Å². The number of nitrogens with one attached hydrogen (secondary N) is 1. The Morgan fingerprint density at radius 1 is 1.20 bits per heavy atom. The zero-order chi connectivity index (χ0) is 18.0. The van der Waals surface area contributed by atoms with E-state index in [1.54, 1.807) is 24.3 Å². The van der Waals surface area contributed by atoms with Gasteiger partial charge in [0.25, 0.3) is 0 Å². The van der Waals surface area contributed by atoms with Crippen molar-refractivity contribution in [1.82, 2.24) is 4.98 Å². The van der Waals surface area contributed by atoms with Crippen LogP contribution in [-0.2, 0) is 4.79 Å². The number of thiazole rings is 1. The number of hydrogen-bond acceptors (Lipinski definition) is 5. The number of thioether (sulfide) groups is 1. The number of fused-ring (bicyclic) bond motifs is 1. The third-order valence-electron chi connectivity index (χ3n) is 3.54. The molecular weight excluding hydrogens is 376 g/mol. The quantitative estimate of drug-likeness (QED) is 0.476. The highest BCUT2D eigenvalue weighted by molar-refractivity contribution is 8.02. The number of nitrogens with zero attached hydrogens (tertiary/aromatic N) is 1. The maximum Gasteiger partial charge on any atom is 0.237 e. The summed E-state index contributed by atoms with van der Waals surface area (Å²) in [5.41, 5.74) is 2.12. The summed E-state index contributed by atoms with van der Waals surface area (Å²) < 4.78 is 1.87. The van der Waals surface area contributed by atoms with Gasteiger partial charge >= 0.3 is 0 Å². The lowest BCUT2D eigenvalue weighted by Crippen LogP contribution is -2.22. The molecule has 1 unspecified atom stereocenters. The van der Waals surface area contributed by atoms with E-state index < -0.39 is 0 Å². The molecule has 1 N–H and O–H groups in total. The van der Waals surface area contributed by atoms with Crippen LogP contribution in [-0.4, -0.2) is 21.9 Å². The van der Waals surface area contributed by atoms with Gasteiger partial charge in [0.2, 0.25) is 5.91 Å².